The highest BCUT2D eigenvalue weighted by atomic mass is 32.2. The third-order valence-electron chi connectivity index (χ3n) is 4.31. The fourth-order valence-corrected chi connectivity index (χ4v) is 4.70. The summed E-state index contributed by atoms with van der Waals surface area (Å²) in [5, 5.41) is 12.5. The first-order chi connectivity index (χ1) is 14.9. The number of rotatable bonds is 6. The number of nitrogens with zero attached hydrogens (tertiary/aromatic N) is 2. The number of nitrogens with one attached hydrogen (secondary N) is 3. The fraction of sp³-hybridized carbons (Fsp3) is 0.238. The van der Waals surface area contributed by atoms with Gasteiger partial charge in [-0.25, -0.2) is 0 Å². The smallest absolute Gasteiger partial charge is 0.291 e. The van der Waals surface area contributed by atoms with E-state index >= 15 is 0 Å². The summed E-state index contributed by atoms with van der Waals surface area (Å²) in [6, 6.07) is 13.6. The lowest BCUT2D eigenvalue weighted by Gasteiger charge is -2.19. The van der Waals surface area contributed by atoms with Crippen molar-refractivity contribution in [3.05, 3.63) is 59.7 Å². The predicted octanol–water partition coefficient (Wildman–Crippen LogP) is 3.85. The van der Waals surface area contributed by atoms with Crippen LogP contribution in [0.2, 0.25) is 0 Å². The summed E-state index contributed by atoms with van der Waals surface area (Å²) < 4.78 is 27.2. The van der Waals surface area contributed by atoms with Gasteiger partial charge in [-0.15, -0.1) is 10.2 Å². The van der Waals surface area contributed by atoms with Crippen LogP contribution in [0.1, 0.15) is 43.6 Å². The maximum atomic E-state index is 12.6. The molecule has 0 spiro atoms. The third kappa shape index (κ3) is 5.89. The number of anilines is 3. The van der Waals surface area contributed by atoms with Crippen molar-refractivity contribution in [3.63, 3.8) is 0 Å². The normalized spacial score (nSPS) is 11.6. The molecule has 0 aliphatic rings. The number of benzene rings is 2. The molecule has 32 heavy (non-hydrogen) atoms. The van der Waals surface area contributed by atoms with Crippen LogP contribution in [0.25, 0.3) is 0 Å². The summed E-state index contributed by atoms with van der Waals surface area (Å²) in [6.45, 7) is 7.57. The molecule has 0 aliphatic heterocycles. The van der Waals surface area contributed by atoms with Gasteiger partial charge in [0.1, 0.15) is 0 Å². The maximum Gasteiger partial charge on any atom is 0.291 e. The Hall–Kier alpha value is -3.31. The predicted molar refractivity (Wildman–Crippen MR) is 125 cm³/mol. The Balaban J connectivity index is 1.71. The van der Waals surface area contributed by atoms with E-state index in [9.17, 15) is 18.0 Å². The molecule has 0 aliphatic carbocycles. The quantitative estimate of drug-likeness (QED) is 0.466. The molecule has 0 saturated heterocycles. The van der Waals surface area contributed by atoms with Gasteiger partial charge in [0.2, 0.25) is 11.0 Å². The topological polar surface area (TPSA) is 130 Å². The number of carbonyl (C=O) groups excluding carboxylic acids is 2. The van der Waals surface area contributed by atoms with E-state index in [0.29, 0.717) is 11.3 Å². The van der Waals surface area contributed by atoms with Crippen LogP contribution in [-0.4, -0.2) is 30.4 Å². The summed E-state index contributed by atoms with van der Waals surface area (Å²) in [4.78, 5) is 23.7. The molecule has 168 valence electrons. The number of hydrogen-bond donors (Lipinski definition) is 3. The first-order valence-corrected chi connectivity index (χ1v) is 11.9. The molecule has 9 nitrogen and oxygen atoms in total. The van der Waals surface area contributed by atoms with Gasteiger partial charge >= 0.3 is 0 Å². The molecule has 3 N–H and O–H groups in total. The van der Waals surface area contributed by atoms with Crippen LogP contribution in [0.3, 0.4) is 0 Å². The van der Waals surface area contributed by atoms with E-state index in [2.05, 4.69) is 46.3 Å². The molecular formula is C21H23N5O4S2. The summed E-state index contributed by atoms with van der Waals surface area (Å²) in [5.41, 5.74) is 2.25. The van der Waals surface area contributed by atoms with E-state index in [1.54, 1.807) is 30.3 Å². The van der Waals surface area contributed by atoms with Crippen molar-refractivity contribution in [1.82, 2.24) is 10.2 Å². The molecule has 0 radical (unpaired) electrons. The first-order valence-electron chi connectivity index (χ1n) is 9.60. The zero-order valence-electron chi connectivity index (χ0n) is 18.0. The number of amides is 2. The molecule has 0 saturated carbocycles. The van der Waals surface area contributed by atoms with Gasteiger partial charge in [-0.3, -0.25) is 14.3 Å². The minimum absolute atomic E-state index is 0.0175. The van der Waals surface area contributed by atoms with E-state index in [0.717, 1.165) is 16.9 Å². The zero-order valence-corrected chi connectivity index (χ0v) is 19.6. The molecule has 1 heterocycles. The van der Waals surface area contributed by atoms with Crippen LogP contribution in [0.4, 0.5) is 16.5 Å². The van der Waals surface area contributed by atoms with Crippen molar-refractivity contribution < 1.29 is 18.0 Å². The van der Waals surface area contributed by atoms with Gasteiger partial charge < -0.3 is 10.6 Å². The van der Waals surface area contributed by atoms with Gasteiger partial charge in [-0.2, -0.15) is 8.42 Å². The van der Waals surface area contributed by atoms with E-state index in [1.807, 2.05) is 12.1 Å². The molecule has 1 aromatic heterocycles. The summed E-state index contributed by atoms with van der Waals surface area (Å²) in [5.74, 6) is -0.691. The van der Waals surface area contributed by atoms with E-state index in [-0.39, 0.29) is 32.4 Å². The van der Waals surface area contributed by atoms with E-state index < -0.39 is 10.0 Å². The van der Waals surface area contributed by atoms with Crippen LogP contribution in [0, 0.1) is 0 Å². The highest BCUT2D eigenvalue weighted by molar-refractivity contribution is 7.94. The van der Waals surface area contributed by atoms with Gasteiger partial charge in [0.15, 0.2) is 0 Å². The van der Waals surface area contributed by atoms with Crippen molar-refractivity contribution in [2.24, 2.45) is 0 Å². The minimum atomic E-state index is -4.01. The Bertz CT molecular complexity index is 1250. The summed E-state index contributed by atoms with van der Waals surface area (Å²) in [7, 11) is -4.01. The molecule has 2 aromatic carbocycles. The number of sulfonamides is 1. The van der Waals surface area contributed by atoms with Gasteiger partial charge in [0, 0.05) is 18.2 Å². The second kappa shape index (κ2) is 9.05. The highest BCUT2D eigenvalue weighted by Crippen LogP contribution is 2.25. The van der Waals surface area contributed by atoms with Crippen molar-refractivity contribution in [2.45, 2.75) is 37.4 Å². The van der Waals surface area contributed by atoms with Gasteiger partial charge in [0.05, 0.1) is 5.69 Å². The summed E-state index contributed by atoms with van der Waals surface area (Å²) in [6.07, 6.45) is 0. The second-order valence-electron chi connectivity index (χ2n) is 8.02. The zero-order chi connectivity index (χ0) is 23.5. The molecule has 3 rings (SSSR count). The van der Waals surface area contributed by atoms with Crippen molar-refractivity contribution >= 4 is 49.7 Å². The highest BCUT2D eigenvalue weighted by Gasteiger charge is 2.21. The van der Waals surface area contributed by atoms with Crippen molar-refractivity contribution in [3.8, 4) is 0 Å². The van der Waals surface area contributed by atoms with Crippen LogP contribution < -0.4 is 15.4 Å². The Kier molecular flexibility index (Phi) is 6.60. The molecular weight excluding hydrogens is 450 g/mol. The number of hydrogen-bond acceptors (Lipinski definition) is 7. The molecule has 2 amide bonds. The van der Waals surface area contributed by atoms with Gasteiger partial charge in [-0.1, -0.05) is 50.3 Å². The molecule has 3 aromatic rings. The Morgan fingerprint density at radius 3 is 2.22 bits per heavy atom. The SMILES string of the molecule is CC(=O)Nc1nnc(S(=O)(=O)Nc2cccc(NC(=O)c3ccc(C(C)(C)C)cc3)c2)s1. The molecule has 0 bridgehead atoms. The van der Waals surface area contributed by atoms with Crippen molar-refractivity contribution in [1.29, 1.82) is 0 Å². The van der Waals surface area contributed by atoms with Gasteiger partial charge in [0.25, 0.3) is 20.3 Å². The fourth-order valence-electron chi connectivity index (χ4n) is 2.70. The first kappa shape index (κ1) is 23.4. The summed E-state index contributed by atoms with van der Waals surface area (Å²) >= 11 is 0.728. The molecule has 0 fully saturated rings. The number of aromatic nitrogens is 2. The van der Waals surface area contributed by atoms with Crippen LogP contribution in [-0.2, 0) is 20.2 Å². The molecule has 11 heteroatoms. The Labute approximate surface area is 190 Å². The Morgan fingerprint density at radius 2 is 1.59 bits per heavy atom. The van der Waals surface area contributed by atoms with E-state index in [4.69, 9.17) is 0 Å². The lowest BCUT2D eigenvalue weighted by Crippen LogP contribution is -2.15. The lowest BCUT2D eigenvalue weighted by atomic mass is 9.87. The maximum absolute atomic E-state index is 12.6. The lowest BCUT2D eigenvalue weighted by molar-refractivity contribution is -0.114. The van der Waals surface area contributed by atoms with Crippen LogP contribution in [0.5, 0.6) is 0 Å². The number of carbonyl (C=O) groups is 2. The largest absolute Gasteiger partial charge is 0.322 e. The second-order valence-corrected chi connectivity index (χ2v) is 10.9. The molecule has 0 unspecified atom stereocenters. The van der Waals surface area contributed by atoms with Crippen LogP contribution >= 0.6 is 11.3 Å². The van der Waals surface area contributed by atoms with Crippen molar-refractivity contribution in [2.75, 3.05) is 15.4 Å². The standard InChI is InChI=1S/C21H23N5O4S2/c1-13(27)22-19-24-25-20(31-19)32(29,30)26-17-7-5-6-16(12-17)23-18(28)14-8-10-15(11-9-14)21(2,3)4/h5-12,26H,1-4H3,(H,23,28)(H,22,24,27). The molecule has 0 atom stereocenters. The van der Waals surface area contributed by atoms with E-state index in [1.165, 1.54) is 13.0 Å². The Morgan fingerprint density at radius 1 is 0.938 bits per heavy atom. The average Bonchev–Trinajstić information content (AvgIpc) is 3.16. The average molecular weight is 474 g/mol. The minimum Gasteiger partial charge on any atom is -0.322 e. The van der Waals surface area contributed by atoms with Crippen LogP contribution in [0.15, 0.2) is 52.9 Å². The van der Waals surface area contributed by atoms with Gasteiger partial charge in [-0.05, 0) is 41.3 Å². The monoisotopic (exact) mass is 473 g/mol. The third-order valence-corrected chi connectivity index (χ3v) is 6.89.